The average Bonchev–Trinajstić information content (AvgIpc) is 3.19. The van der Waals surface area contributed by atoms with Crippen LogP contribution in [-0.4, -0.2) is 32.2 Å². The summed E-state index contributed by atoms with van der Waals surface area (Å²) < 4.78 is 1.34. The molecule has 0 fully saturated rings. The van der Waals surface area contributed by atoms with Crippen molar-refractivity contribution in [1.82, 2.24) is 9.47 Å². The minimum Gasteiger partial charge on any atom is -0.335 e. The number of alkyl halides is 1. The zero-order chi connectivity index (χ0) is 21.7. The lowest BCUT2D eigenvalue weighted by molar-refractivity contribution is -0.111. The van der Waals surface area contributed by atoms with Crippen molar-refractivity contribution in [3.63, 3.8) is 0 Å². The number of rotatable bonds is 3. The summed E-state index contributed by atoms with van der Waals surface area (Å²) in [5.74, 6) is -0.299. The lowest BCUT2D eigenvalue weighted by atomic mass is 10.1. The summed E-state index contributed by atoms with van der Waals surface area (Å²) >= 11 is 9.67. The fourth-order valence-corrected chi connectivity index (χ4v) is 4.79. The second-order valence-corrected chi connectivity index (χ2v) is 8.50. The number of benzene rings is 1. The van der Waals surface area contributed by atoms with Gasteiger partial charge in [0.1, 0.15) is 5.02 Å². The molecule has 30 heavy (non-hydrogen) atoms. The number of fused-ring (bicyclic) bond motifs is 1. The Morgan fingerprint density at radius 2 is 1.87 bits per heavy atom. The SMILES string of the molecule is CC(C)N1C2=C(c3ccc(C#N)cc3)N(c3cc(Cl)c(=O)n(C)c3)C(=O)C2=NC1Br. The van der Waals surface area contributed by atoms with Crippen molar-refractivity contribution >= 4 is 50.5 Å². The van der Waals surface area contributed by atoms with Crippen LogP contribution in [0.15, 0.2) is 52.0 Å². The van der Waals surface area contributed by atoms with Gasteiger partial charge in [-0.05, 0) is 48.0 Å². The highest BCUT2D eigenvalue weighted by molar-refractivity contribution is 9.09. The summed E-state index contributed by atoms with van der Waals surface area (Å²) in [6.45, 7) is 4.04. The molecule has 1 aromatic carbocycles. The average molecular weight is 487 g/mol. The molecule has 7 nitrogen and oxygen atoms in total. The van der Waals surface area contributed by atoms with Gasteiger partial charge in [0.25, 0.3) is 11.5 Å². The van der Waals surface area contributed by atoms with E-state index in [2.05, 4.69) is 27.0 Å². The van der Waals surface area contributed by atoms with Gasteiger partial charge in [-0.25, -0.2) is 4.99 Å². The van der Waals surface area contributed by atoms with E-state index < -0.39 is 0 Å². The molecule has 1 aromatic heterocycles. The fourth-order valence-electron chi connectivity index (χ4n) is 3.66. The van der Waals surface area contributed by atoms with E-state index in [-0.39, 0.29) is 27.6 Å². The predicted molar refractivity (Wildman–Crippen MR) is 119 cm³/mol. The van der Waals surface area contributed by atoms with Crippen molar-refractivity contribution in [1.29, 1.82) is 5.26 Å². The smallest absolute Gasteiger partial charge is 0.283 e. The van der Waals surface area contributed by atoms with Crippen LogP contribution in [-0.2, 0) is 11.8 Å². The lowest BCUT2D eigenvalue weighted by Gasteiger charge is -2.29. The third-order valence-corrected chi connectivity index (χ3v) is 5.95. The number of pyridine rings is 1. The number of hydrogen-bond donors (Lipinski definition) is 0. The molecule has 1 amide bonds. The normalized spacial score (nSPS) is 18.2. The van der Waals surface area contributed by atoms with E-state index in [1.54, 1.807) is 37.5 Å². The monoisotopic (exact) mass is 485 g/mol. The largest absolute Gasteiger partial charge is 0.335 e. The van der Waals surface area contributed by atoms with Crippen LogP contribution < -0.4 is 10.5 Å². The van der Waals surface area contributed by atoms with Crippen LogP contribution in [0.3, 0.4) is 0 Å². The van der Waals surface area contributed by atoms with E-state index in [1.807, 2.05) is 18.7 Å². The Hall–Kier alpha value is -2.89. The van der Waals surface area contributed by atoms with Gasteiger partial charge in [-0.1, -0.05) is 23.7 Å². The van der Waals surface area contributed by atoms with Crippen LogP contribution >= 0.6 is 27.5 Å². The van der Waals surface area contributed by atoms with Crippen LogP contribution in [0.1, 0.15) is 25.0 Å². The summed E-state index contributed by atoms with van der Waals surface area (Å²) in [7, 11) is 1.58. The predicted octanol–water partition coefficient (Wildman–Crippen LogP) is 3.47. The highest BCUT2D eigenvalue weighted by atomic mass is 79.9. The number of carbonyl (C=O) groups is 1. The highest BCUT2D eigenvalue weighted by Gasteiger charge is 2.47. The quantitative estimate of drug-likeness (QED) is 0.491. The second-order valence-electron chi connectivity index (χ2n) is 7.28. The van der Waals surface area contributed by atoms with Crippen molar-refractivity contribution in [3.8, 4) is 6.07 Å². The lowest BCUT2D eigenvalue weighted by Crippen LogP contribution is -2.33. The highest BCUT2D eigenvalue weighted by Crippen LogP contribution is 2.42. The molecule has 1 atom stereocenters. The number of amides is 1. The van der Waals surface area contributed by atoms with Gasteiger partial charge in [0.2, 0.25) is 0 Å². The van der Waals surface area contributed by atoms with Crippen LogP contribution in [0.5, 0.6) is 0 Å². The van der Waals surface area contributed by atoms with E-state index in [1.165, 1.54) is 15.5 Å². The standard InChI is InChI=1S/C21H17BrClN5O2/c1-11(2)27-18-16(25-21(27)22)20(30)28(14-8-15(23)19(29)26(3)10-14)17(18)13-6-4-12(9-24)5-7-13/h4-8,10-11,21H,1-3H3. The molecule has 0 radical (unpaired) electrons. The molecule has 0 bridgehead atoms. The Labute approximate surface area is 186 Å². The van der Waals surface area contributed by atoms with E-state index in [9.17, 15) is 9.59 Å². The molecule has 9 heteroatoms. The summed E-state index contributed by atoms with van der Waals surface area (Å²) in [6.07, 6.45) is 1.57. The maximum atomic E-state index is 13.4. The summed E-state index contributed by atoms with van der Waals surface area (Å²) in [5, 5.41) is 8.81. The molecule has 0 N–H and O–H groups in total. The maximum Gasteiger partial charge on any atom is 0.283 e. The summed E-state index contributed by atoms with van der Waals surface area (Å²) in [4.78, 5) is 33.6. The first-order valence-electron chi connectivity index (χ1n) is 9.20. The zero-order valence-corrected chi connectivity index (χ0v) is 18.8. The number of anilines is 1. The Morgan fingerprint density at radius 3 is 2.43 bits per heavy atom. The van der Waals surface area contributed by atoms with E-state index in [0.29, 0.717) is 28.4 Å². The van der Waals surface area contributed by atoms with Gasteiger partial charge >= 0.3 is 0 Å². The molecule has 3 heterocycles. The molecule has 2 aliphatic heterocycles. The Balaban J connectivity index is 1.99. The van der Waals surface area contributed by atoms with Crippen LogP contribution in [0.25, 0.3) is 5.70 Å². The maximum absolute atomic E-state index is 13.4. The Morgan fingerprint density at radius 1 is 1.20 bits per heavy atom. The number of aliphatic imine (C=N–C) groups is 1. The van der Waals surface area contributed by atoms with Gasteiger partial charge < -0.3 is 9.47 Å². The minimum absolute atomic E-state index is 0.0186. The molecule has 1 unspecified atom stereocenters. The van der Waals surface area contributed by atoms with Crippen molar-refractivity contribution in [2.75, 3.05) is 4.90 Å². The minimum atomic E-state index is -0.356. The molecular weight excluding hydrogens is 470 g/mol. The van der Waals surface area contributed by atoms with Crippen LogP contribution in [0.4, 0.5) is 5.69 Å². The van der Waals surface area contributed by atoms with Gasteiger partial charge in [0.15, 0.2) is 10.8 Å². The van der Waals surface area contributed by atoms with Gasteiger partial charge in [0.05, 0.1) is 28.7 Å². The molecule has 152 valence electrons. The third-order valence-electron chi connectivity index (χ3n) is 5.03. The number of nitriles is 1. The van der Waals surface area contributed by atoms with Crippen molar-refractivity contribution < 1.29 is 4.79 Å². The number of halogens is 2. The fraction of sp³-hybridized carbons (Fsp3) is 0.238. The second kappa shape index (κ2) is 7.42. The molecule has 2 aromatic rings. The molecule has 0 aliphatic carbocycles. The topological polar surface area (TPSA) is 81.7 Å². The summed E-state index contributed by atoms with van der Waals surface area (Å²) in [5.41, 5.74) is 3.06. The molecular formula is C21H17BrClN5O2. The molecule has 0 saturated carbocycles. The van der Waals surface area contributed by atoms with Crippen LogP contribution in [0, 0.1) is 11.3 Å². The van der Waals surface area contributed by atoms with Gasteiger partial charge in [0, 0.05) is 24.8 Å². The third kappa shape index (κ3) is 3.06. The van der Waals surface area contributed by atoms with Gasteiger partial charge in [-0.2, -0.15) is 5.26 Å². The number of nitrogens with zero attached hydrogens (tertiary/aromatic N) is 5. The Kier molecular flexibility index (Phi) is 5.04. The number of carbonyl (C=O) groups excluding carboxylic acids is 1. The number of aryl methyl sites for hydroxylation is 1. The van der Waals surface area contributed by atoms with Gasteiger partial charge in [-0.3, -0.25) is 14.5 Å². The molecule has 4 rings (SSSR count). The van der Waals surface area contributed by atoms with E-state index in [0.717, 1.165) is 5.56 Å². The van der Waals surface area contributed by atoms with Crippen LogP contribution in [0.2, 0.25) is 5.02 Å². The number of hydrogen-bond acceptors (Lipinski definition) is 5. The van der Waals surface area contributed by atoms with Crippen molar-refractivity contribution in [2.45, 2.75) is 25.0 Å². The number of aromatic nitrogens is 1. The zero-order valence-electron chi connectivity index (χ0n) is 16.4. The first-order chi connectivity index (χ1) is 14.2. The molecule has 0 spiro atoms. The molecule has 0 saturated heterocycles. The first-order valence-corrected chi connectivity index (χ1v) is 10.5. The van der Waals surface area contributed by atoms with E-state index >= 15 is 0 Å². The molecule has 2 aliphatic rings. The van der Waals surface area contributed by atoms with Crippen molar-refractivity contribution in [3.05, 3.63) is 68.7 Å². The van der Waals surface area contributed by atoms with Crippen molar-refractivity contribution in [2.24, 2.45) is 12.0 Å². The Bertz CT molecular complexity index is 1200. The van der Waals surface area contributed by atoms with E-state index in [4.69, 9.17) is 16.9 Å². The van der Waals surface area contributed by atoms with Gasteiger partial charge in [-0.15, -0.1) is 0 Å². The first kappa shape index (κ1) is 20.4. The summed E-state index contributed by atoms with van der Waals surface area (Å²) in [6, 6.07) is 10.7.